The Morgan fingerprint density at radius 2 is 0.787 bits per heavy atom. The van der Waals surface area contributed by atoms with Crippen molar-refractivity contribution in [1.82, 2.24) is 15.0 Å². The van der Waals surface area contributed by atoms with E-state index in [2.05, 4.69) is 200 Å². The number of hydrogen-bond acceptors (Lipinski definition) is 4. The fraction of sp³-hybridized carbons (Fsp3) is 0. The van der Waals surface area contributed by atoms with E-state index >= 15 is 0 Å². The number of fused-ring (bicyclic) bond motifs is 6. The summed E-state index contributed by atoms with van der Waals surface area (Å²) in [5, 5.41) is 9.13. The van der Waals surface area contributed by atoms with Crippen molar-refractivity contribution in [2.45, 2.75) is 0 Å². The number of hydrogen-bond donors (Lipinski definition) is 0. The van der Waals surface area contributed by atoms with E-state index in [1.54, 1.807) is 0 Å². The molecule has 0 aliphatic carbocycles. The van der Waals surface area contributed by atoms with Gasteiger partial charge in [-0.25, -0.2) is 15.0 Å². The first-order chi connectivity index (χ1) is 30.2. The molecule has 0 aliphatic rings. The SMILES string of the molecule is c1ccc(-c2ccc3cc(-c4ccc5c(c4)oc4cccc(-c6nc(-c7ccc(-c8cccc9ccccc89)cc7)nc(-c7ccc8ccccc8c7)n6)c45)ccc3c2)cc1. The summed E-state index contributed by atoms with van der Waals surface area (Å²) in [6.45, 7) is 0. The summed E-state index contributed by atoms with van der Waals surface area (Å²) >= 11 is 0. The summed E-state index contributed by atoms with van der Waals surface area (Å²) in [7, 11) is 0. The monoisotopic (exact) mass is 777 g/mol. The van der Waals surface area contributed by atoms with Crippen molar-refractivity contribution in [3.05, 3.63) is 212 Å². The van der Waals surface area contributed by atoms with Gasteiger partial charge in [-0.15, -0.1) is 0 Å². The van der Waals surface area contributed by atoms with Gasteiger partial charge in [0.2, 0.25) is 0 Å². The van der Waals surface area contributed by atoms with Crippen LogP contribution in [0.1, 0.15) is 0 Å². The Balaban J connectivity index is 0.963. The van der Waals surface area contributed by atoms with E-state index in [9.17, 15) is 0 Å². The van der Waals surface area contributed by atoms with Gasteiger partial charge in [-0.2, -0.15) is 0 Å². The molecule has 0 saturated heterocycles. The summed E-state index contributed by atoms with van der Waals surface area (Å²) < 4.78 is 6.62. The van der Waals surface area contributed by atoms with Gasteiger partial charge >= 0.3 is 0 Å². The maximum Gasteiger partial charge on any atom is 0.164 e. The molecule has 12 aromatic rings. The first-order valence-electron chi connectivity index (χ1n) is 20.6. The fourth-order valence-corrected chi connectivity index (χ4v) is 8.79. The molecule has 0 aliphatic heterocycles. The maximum absolute atomic E-state index is 6.62. The molecule has 12 rings (SSSR count). The summed E-state index contributed by atoms with van der Waals surface area (Å²) in [5.74, 6) is 1.81. The molecular formula is C57H35N3O. The molecule has 61 heavy (non-hydrogen) atoms. The third-order valence-electron chi connectivity index (χ3n) is 11.9. The molecule has 0 saturated carbocycles. The van der Waals surface area contributed by atoms with Crippen LogP contribution in [0.2, 0.25) is 0 Å². The van der Waals surface area contributed by atoms with Gasteiger partial charge in [0.05, 0.1) is 0 Å². The molecule has 0 radical (unpaired) electrons. The lowest BCUT2D eigenvalue weighted by atomic mass is 9.97. The van der Waals surface area contributed by atoms with Gasteiger partial charge in [0.15, 0.2) is 17.5 Å². The van der Waals surface area contributed by atoms with Gasteiger partial charge in [0.1, 0.15) is 11.2 Å². The van der Waals surface area contributed by atoms with E-state index in [-0.39, 0.29) is 0 Å². The number of nitrogens with zero attached hydrogens (tertiary/aromatic N) is 3. The van der Waals surface area contributed by atoms with Crippen molar-refractivity contribution in [3.63, 3.8) is 0 Å². The van der Waals surface area contributed by atoms with Crippen LogP contribution in [-0.2, 0) is 0 Å². The third kappa shape index (κ3) is 6.21. The van der Waals surface area contributed by atoms with E-state index in [4.69, 9.17) is 19.4 Å². The van der Waals surface area contributed by atoms with E-state index in [0.717, 1.165) is 60.7 Å². The van der Waals surface area contributed by atoms with Crippen LogP contribution in [0.25, 0.3) is 122 Å². The van der Waals surface area contributed by atoms with Crippen LogP contribution < -0.4 is 0 Å². The Bertz CT molecular complexity index is 3640. The van der Waals surface area contributed by atoms with E-state index in [1.165, 1.54) is 43.6 Å². The Kier molecular flexibility index (Phi) is 8.13. The molecule has 0 fully saturated rings. The van der Waals surface area contributed by atoms with Crippen LogP contribution in [0.4, 0.5) is 0 Å². The maximum atomic E-state index is 6.62. The Labute approximate surface area is 352 Å². The highest BCUT2D eigenvalue weighted by atomic mass is 16.3. The van der Waals surface area contributed by atoms with Crippen LogP contribution >= 0.6 is 0 Å². The van der Waals surface area contributed by atoms with Gasteiger partial charge in [0, 0.05) is 27.5 Å². The van der Waals surface area contributed by atoms with Crippen LogP contribution in [-0.4, -0.2) is 15.0 Å². The van der Waals surface area contributed by atoms with Gasteiger partial charge < -0.3 is 4.42 Å². The standard InChI is InChI=1S/C57H35N3O/c1-2-10-36(11-3-1)42-25-26-44-33-45(28-27-43(44)32-42)46-30-31-50-53(35-46)61-52-19-9-18-51(54(50)52)57-59-55(58-56(60-57)47-29-20-37-12-4-5-14-41(37)34-47)40-23-21-39(22-24-40)49-17-8-15-38-13-6-7-16-48(38)49/h1-35H. The molecule has 4 heteroatoms. The first kappa shape index (κ1) is 34.8. The lowest BCUT2D eigenvalue weighted by Crippen LogP contribution is -2.00. The largest absolute Gasteiger partial charge is 0.456 e. The van der Waals surface area contributed by atoms with E-state index < -0.39 is 0 Å². The van der Waals surface area contributed by atoms with Crippen molar-refractivity contribution in [2.75, 3.05) is 0 Å². The molecule has 4 nitrogen and oxygen atoms in total. The minimum atomic E-state index is 0.591. The molecule has 0 unspecified atom stereocenters. The number of benzene rings is 10. The third-order valence-corrected chi connectivity index (χ3v) is 11.9. The average molecular weight is 778 g/mol. The zero-order chi connectivity index (χ0) is 40.3. The van der Waals surface area contributed by atoms with Crippen LogP contribution in [0.3, 0.4) is 0 Å². The van der Waals surface area contributed by atoms with Crippen molar-refractivity contribution < 1.29 is 4.42 Å². The van der Waals surface area contributed by atoms with E-state index in [0.29, 0.717) is 17.5 Å². The molecule has 0 atom stereocenters. The van der Waals surface area contributed by atoms with Crippen molar-refractivity contribution in [3.8, 4) is 67.5 Å². The van der Waals surface area contributed by atoms with E-state index in [1.807, 2.05) is 12.1 Å². The predicted molar refractivity (Wildman–Crippen MR) is 252 cm³/mol. The smallest absolute Gasteiger partial charge is 0.164 e. The van der Waals surface area contributed by atoms with Gasteiger partial charge in [-0.3, -0.25) is 0 Å². The minimum absolute atomic E-state index is 0.591. The van der Waals surface area contributed by atoms with Gasteiger partial charge in [-0.05, 0) is 102 Å². The Morgan fingerprint density at radius 1 is 0.262 bits per heavy atom. The number of furan rings is 1. The topological polar surface area (TPSA) is 51.8 Å². The molecule has 10 aromatic carbocycles. The molecule has 0 bridgehead atoms. The second kappa shape index (κ2) is 14.3. The van der Waals surface area contributed by atoms with Crippen molar-refractivity contribution in [1.29, 1.82) is 0 Å². The second-order valence-electron chi connectivity index (χ2n) is 15.6. The van der Waals surface area contributed by atoms with Crippen molar-refractivity contribution in [2.24, 2.45) is 0 Å². The minimum Gasteiger partial charge on any atom is -0.456 e. The fourth-order valence-electron chi connectivity index (χ4n) is 8.79. The summed E-state index contributed by atoms with van der Waals surface area (Å²) in [4.78, 5) is 15.5. The second-order valence-corrected chi connectivity index (χ2v) is 15.6. The van der Waals surface area contributed by atoms with Crippen LogP contribution in [0.15, 0.2) is 217 Å². The van der Waals surface area contributed by atoms with Crippen LogP contribution in [0, 0.1) is 0 Å². The summed E-state index contributed by atoms with van der Waals surface area (Å²) in [5.41, 5.74) is 11.3. The highest BCUT2D eigenvalue weighted by Gasteiger charge is 2.19. The lowest BCUT2D eigenvalue weighted by Gasteiger charge is -2.11. The van der Waals surface area contributed by atoms with Gasteiger partial charge in [-0.1, -0.05) is 176 Å². The van der Waals surface area contributed by atoms with Gasteiger partial charge in [0.25, 0.3) is 0 Å². The Hall–Kier alpha value is -8.21. The molecule has 0 amide bonds. The summed E-state index contributed by atoms with van der Waals surface area (Å²) in [6, 6.07) is 74.8. The molecule has 2 aromatic heterocycles. The number of aromatic nitrogens is 3. The average Bonchev–Trinajstić information content (AvgIpc) is 3.72. The predicted octanol–water partition coefficient (Wildman–Crippen LogP) is 15.2. The highest BCUT2D eigenvalue weighted by molar-refractivity contribution is 6.12. The first-order valence-corrected chi connectivity index (χ1v) is 20.6. The van der Waals surface area contributed by atoms with Crippen LogP contribution in [0.5, 0.6) is 0 Å². The van der Waals surface area contributed by atoms with Crippen molar-refractivity contribution >= 4 is 54.3 Å². The number of rotatable bonds is 6. The quantitative estimate of drug-likeness (QED) is 0.169. The lowest BCUT2D eigenvalue weighted by molar-refractivity contribution is 0.669. The molecule has 0 N–H and O–H groups in total. The normalized spacial score (nSPS) is 11.6. The summed E-state index contributed by atoms with van der Waals surface area (Å²) in [6.07, 6.45) is 0. The molecule has 284 valence electrons. The molecule has 0 spiro atoms. The highest BCUT2D eigenvalue weighted by Crippen LogP contribution is 2.39. The molecule has 2 heterocycles. The molecular weight excluding hydrogens is 743 g/mol. The zero-order valence-corrected chi connectivity index (χ0v) is 33.0. The zero-order valence-electron chi connectivity index (χ0n) is 33.0. The Morgan fingerprint density at radius 3 is 1.61 bits per heavy atom.